The van der Waals surface area contributed by atoms with Gasteiger partial charge in [0.2, 0.25) is 0 Å². The molecule has 1 aliphatic carbocycles. The van der Waals surface area contributed by atoms with Gasteiger partial charge in [0.1, 0.15) is 4.91 Å². The Morgan fingerprint density at radius 3 is 2.40 bits per heavy atom. The van der Waals surface area contributed by atoms with Gasteiger partial charge in [-0.2, -0.15) is 0 Å². The van der Waals surface area contributed by atoms with Crippen molar-refractivity contribution in [1.29, 1.82) is 0 Å². The number of allylic oxidation sites excluding steroid dienone is 1. The molecule has 0 bridgehead atoms. The summed E-state index contributed by atoms with van der Waals surface area (Å²) in [7, 11) is 0. The zero-order valence-corrected chi connectivity index (χ0v) is 22.4. The number of carboxylic acids is 1. The van der Waals surface area contributed by atoms with Gasteiger partial charge in [0.25, 0.3) is 5.91 Å². The first kappa shape index (κ1) is 26.4. The van der Waals surface area contributed by atoms with Crippen molar-refractivity contribution < 1.29 is 24.2 Å². The van der Waals surface area contributed by atoms with E-state index in [0.717, 1.165) is 0 Å². The number of thioether (sulfide) groups is 1. The van der Waals surface area contributed by atoms with Crippen molar-refractivity contribution in [3.05, 3.63) is 44.4 Å². The van der Waals surface area contributed by atoms with Crippen LogP contribution in [0.4, 0.5) is 0 Å². The third kappa shape index (κ3) is 6.00. The minimum absolute atomic E-state index is 0.158. The van der Waals surface area contributed by atoms with Crippen molar-refractivity contribution in [1.82, 2.24) is 4.90 Å². The van der Waals surface area contributed by atoms with Crippen LogP contribution in [0.3, 0.4) is 0 Å². The van der Waals surface area contributed by atoms with Gasteiger partial charge in [-0.05, 0) is 51.8 Å². The predicted octanol–water partition coefficient (Wildman–Crippen LogP) is 5.97. The molecule has 1 saturated carbocycles. The van der Waals surface area contributed by atoms with Gasteiger partial charge in [-0.25, -0.2) is 4.79 Å². The van der Waals surface area contributed by atoms with Gasteiger partial charge in [-0.15, -0.1) is 0 Å². The molecule has 2 aliphatic heterocycles. The molecule has 1 spiro atoms. The van der Waals surface area contributed by atoms with E-state index in [0.29, 0.717) is 56.0 Å². The molecule has 1 aromatic carbocycles. The highest BCUT2D eigenvalue weighted by atomic mass is 35.5. The molecule has 1 atom stereocenters. The molecule has 35 heavy (non-hydrogen) atoms. The Morgan fingerprint density at radius 1 is 1.17 bits per heavy atom. The Labute approximate surface area is 220 Å². The number of rotatable bonds is 4. The summed E-state index contributed by atoms with van der Waals surface area (Å²) in [6.45, 7) is 7.15. The maximum Gasteiger partial charge on any atom is 0.344 e. The van der Waals surface area contributed by atoms with Crippen LogP contribution < -0.4 is 0 Å². The molecular formula is C26H29Cl2NO5S. The number of nitrogens with zero attached hydrogens (tertiary/aromatic N) is 1. The highest BCUT2D eigenvalue weighted by Crippen LogP contribution is 2.45. The van der Waals surface area contributed by atoms with Crippen LogP contribution in [0.15, 0.2) is 28.8 Å². The van der Waals surface area contributed by atoms with Gasteiger partial charge in [-0.3, -0.25) is 4.79 Å². The molecule has 1 aromatic rings. The predicted molar refractivity (Wildman–Crippen MR) is 137 cm³/mol. The summed E-state index contributed by atoms with van der Waals surface area (Å²) in [5.41, 5.74) is 0.565. The van der Waals surface area contributed by atoms with E-state index in [4.69, 9.17) is 32.7 Å². The number of halogens is 2. The van der Waals surface area contributed by atoms with Crippen LogP contribution in [-0.4, -0.2) is 52.2 Å². The first-order valence-electron chi connectivity index (χ1n) is 11.7. The summed E-state index contributed by atoms with van der Waals surface area (Å²) < 4.78 is 11.7. The molecule has 4 rings (SSSR count). The maximum atomic E-state index is 13.9. The van der Waals surface area contributed by atoms with E-state index in [-0.39, 0.29) is 38.1 Å². The number of carboxylic acid groups (broad SMARTS) is 1. The molecule has 3 aliphatic rings. The standard InChI is InChI=1S/C26H29Cl2NO5S/c1-25(2,3)9-8-18-15-21(22(35-18)24(31)32)29(23(30)19-5-4-16(27)14-20(19)28)17-6-10-26(11-7-17)33-12-13-34-26/h4-5,14,17-18H,6-7,10-13,15H2,1-3H3,(H,31,32). The fourth-order valence-corrected chi connectivity index (χ4v) is 6.22. The molecule has 188 valence electrons. The first-order chi connectivity index (χ1) is 16.5. The smallest absolute Gasteiger partial charge is 0.344 e. The number of benzene rings is 1. The summed E-state index contributed by atoms with van der Waals surface area (Å²) in [5, 5.41) is 10.4. The van der Waals surface area contributed by atoms with Crippen LogP contribution in [0.25, 0.3) is 0 Å². The van der Waals surface area contributed by atoms with Gasteiger partial charge in [0.05, 0.1) is 29.0 Å². The molecule has 1 unspecified atom stereocenters. The summed E-state index contributed by atoms with van der Waals surface area (Å²) in [6.07, 6.45) is 2.87. The van der Waals surface area contributed by atoms with Crippen LogP contribution >= 0.6 is 35.0 Å². The summed E-state index contributed by atoms with van der Waals surface area (Å²) in [5.74, 6) is 4.44. The number of amides is 1. The zero-order valence-electron chi connectivity index (χ0n) is 20.0. The second-order valence-corrected chi connectivity index (χ2v) is 12.1. The lowest BCUT2D eigenvalue weighted by atomic mass is 9.88. The molecule has 6 nitrogen and oxygen atoms in total. The van der Waals surface area contributed by atoms with Crippen molar-refractivity contribution >= 4 is 46.8 Å². The molecule has 0 aromatic heterocycles. The van der Waals surface area contributed by atoms with E-state index < -0.39 is 11.8 Å². The quantitative estimate of drug-likeness (QED) is 0.476. The van der Waals surface area contributed by atoms with E-state index in [1.165, 1.54) is 17.8 Å². The lowest BCUT2D eigenvalue weighted by molar-refractivity contribution is -0.182. The normalized spacial score (nSPS) is 22.3. The fourth-order valence-electron chi connectivity index (χ4n) is 4.67. The summed E-state index contributed by atoms with van der Waals surface area (Å²) >= 11 is 13.7. The average molecular weight is 538 g/mol. The van der Waals surface area contributed by atoms with Crippen molar-refractivity contribution in [3.63, 3.8) is 0 Å². The number of hydrogen-bond donors (Lipinski definition) is 1. The number of carbonyl (C=O) groups excluding carboxylic acids is 1. The van der Waals surface area contributed by atoms with Gasteiger partial charge in [0.15, 0.2) is 5.79 Å². The fraction of sp³-hybridized carbons (Fsp3) is 0.538. The van der Waals surface area contributed by atoms with E-state index in [2.05, 4.69) is 11.8 Å². The highest BCUT2D eigenvalue weighted by molar-refractivity contribution is 8.05. The van der Waals surface area contributed by atoms with E-state index in [1.54, 1.807) is 17.0 Å². The Kier molecular flexibility index (Phi) is 7.80. The largest absolute Gasteiger partial charge is 0.477 e. The van der Waals surface area contributed by atoms with Crippen LogP contribution in [0, 0.1) is 17.3 Å². The van der Waals surface area contributed by atoms with Crippen molar-refractivity contribution in [2.45, 2.75) is 70.0 Å². The van der Waals surface area contributed by atoms with E-state index >= 15 is 0 Å². The number of carbonyl (C=O) groups is 2. The van der Waals surface area contributed by atoms with Crippen molar-refractivity contribution in [2.24, 2.45) is 5.41 Å². The lowest BCUT2D eigenvalue weighted by Crippen LogP contribution is -2.46. The van der Waals surface area contributed by atoms with Crippen LogP contribution in [-0.2, 0) is 14.3 Å². The van der Waals surface area contributed by atoms with Gasteiger partial charge in [-0.1, -0.05) is 46.8 Å². The van der Waals surface area contributed by atoms with E-state index in [1.807, 2.05) is 20.8 Å². The number of ether oxygens (including phenoxy) is 2. The monoisotopic (exact) mass is 537 g/mol. The molecule has 9 heteroatoms. The van der Waals surface area contributed by atoms with Crippen molar-refractivity contribution in [2.75, 3.05) is 13.2 Å². The molecule has 2 heterocycles. The summed E-state index contributed by atoms with van der Waals surface area (Å²) in [6, 6.07) is 4.51. The molecule has 1 saturated heterocycles. The minimum atomic E-state index is -1.06. The SMILES string of the molecule is CC(C)(C)C#CC1CC(N(C(=O)c2ccc(Cl)cc2Cl)C2CCC3(CC2)OCCO3)=C(C(=O)O)S1. The third-order valence-electron chi connectivity index (χ3n) is 6.27. The van der Waals surface area contributed by atoms with Gasteiger partial charge in [0, 0.05) is 41.4 Å². The lowest BCUT2D eigenvalue weighted by Gasteiger charge is -2.41. The summed E-state index contributed by atoms with van der Waals surface area (Å²) in [4.78, 5) is 28.0. The van der Waals surface area contributed by atoms with Gasteiger partial charge < -0.3 is 19.5 Å². The molecule has 0 radical (unpaired) electrons. The first-order valence-corrected chi connectivity index (χ1v) is 13.3. The second kappa shape index (κ2) is 10.4. The van der Waals surface area contributed by atoms with Crippen LogP contribution in [0.1, 0.15) is 63.2 Å². The van der Waals surface area contributed by atoms with Crippen LogP contribution in [0.5, 0.6) is 0 Å². The average Bonchev–Trinajstić information content (AvgIpc) is 3.41. The Morgan fingerprint density at radius 2 is 1.83 bits per heavy atom. The number of aliphatic carboxylic acids is 1. The van der Waals surface area contributed by atoms with Gasteiger partial charge >= 0.3 is 5.97 Å². The third-order valence-corrected chi connectivity index (χ3v) is 8.03. The zero-order chi connectivity index (χ0) is 25.4. The van der Waals surface area contributed by atoms with Crippen LogP contribution in [0.2, 0.25) is 10.0 Å². The molecule has 1 amide bonds. The van der Waals surface area contributed by atoms with Crippen molar-refractivity contribution in [3.8, 4) is 11.8 Å². The Balaban J connectivity index is 1.70. The minimum Gasteiger partial charge on any atom is -0.477 e. The second-order valence-electron chi connectivity index (χ2n) is 10.0. The Bertz CT molecular complexity index is 1100. The topological polar surface area (TPSA) is 76.1 Å². The van der Waals surface area contributed by atoms with E-state index in [9.17, 15) is 14.7 Å². The highest BCUT2D eigenvalue weighted by Gasteiger charge is 2.45. The molecule has 1 N–H and O–H groups in total. The number of hydrogen-bond acceptors (Lipinski definition) is 5. The molecule has 2 fully saturated rings. The Hall–Kier alpha value is -1.69. The molecular weight excluding hydrogens is 509 g/mol. The maximum absolute atomic E-state index is 13.9.